The van der Waals surface area contributed by atoms with Crippen molar-refractivity contribution in [3.8, 4) is 5.75 Å². The molecular weight excluding hydrogens is 439 g/mol. The number of rotatable bonds is 7. The van der Waals surface area contributed by atoms with Crippen LogP contribution < -0.4 is 15.4 Å². The minimum Gasteiger partial charge on any atom is -0.496 e. The summed E-state index contributed by atoms with van der Waals surface area (Å²) in [6.45, 7) is 0. The van der Waals surface area contributed by atoms with E-state index in [1.54, 1.807) is 18.2 Å². The van der Waals surface area contributed by atoms with Gasteiger partial charge in [-0.1, -0.05) is 46.8 Å². The van der Waals surface area contributed by atoms with Gasteiger partial charge in [0.05, 0.1) is 24.1 Å². The Morgan fingerprint density at radius 2 is 2.00 bits per heavy atom. The highest BCUT2D eigenvalue weighted by atomic mass is 35.5. The highest BCUT2D eigenvalue weighted by Crippen LogP contribution is 2.28. The molecule has 3 rings (SSSR count). The Morgan fingerprint density at radius 3 is 2.76 bits per heavy atom. The van der Waals surface area contributed by atoms with Gasteiger partial charge in [-0.3, -0.25) is 14.9 Å². The van der Waals surface area contributed by atoms with Crippen LogP contribution in [0.2, 0.25) is 5.02 Å². The van der Waals surface area contributed by atoms with Crippen molar-refractivity contribution in [3.05, 3.63) is 58.9 Å². The molecule has 0 aliphatic rings. The van der Waals surface area contributed by atoms with Crippen LogP contribution in [-0.2, 0) is 4.79 Å². The first-order valence-electron chi connectivity index (χ1n) is 8.12. The zero-order chi connectivity index (χ0) is 20.8. The van der Waals surface area contributed by atoms with Crippen molar-refractivity contribution >= 4 is 57.3 Å². The second kappa shape index (κ2) is 9.68. The fourth-order valence-corrected chi connectivity index (χ4v) is 3.94. The van der Waals surface area contributed by atoms with E-state index in [1.165, 1.54) is 31.4 Å². The van der Waals surface area contributed by atoms with Gasteiger partial charge in [-0.25, -0.2) is 4.39 Å². The van der Waals surface area contributed by atoms with Crippen LogP contribution in [0.25, 0.3) is 0 Å². The number of nitrogens with zero attached hydrogens (tertiary/aromatic N) is 2. The Morgan fingerprint density at radius 1 is 1.21 bits per heavy atom. The molecule has 3 aromatic rings. The van der Waals surface area contributed by atoms with Crippen LogP contribution in [0.15, 0.2) is 46.8 Å². The van der Waals surface area contributed by atoms with Gasteiger partial charge in [-0.2, -0.15) is 0 Å². The summed E-state index contributed by atoms with van der Waals surface area (Å²) in [6, 6.07) is 10.6. The molecule has 0 aliphatic heterocycles. The number of amides is 2. The molecule has 1 heterocycles. The third-order valence-electron chi connectivity index (χ3n) is 3.51. The van der Waals surface area contributed by atoms with Gasteiger partial charge in [0, 0.05) is 5.02 Å². The summed E-state index contributed by atoms with van der Waals surface area (Å²) in [7, 11) is 1.45. The number of ether oxygens (including phenoxy) is 1. The van der Waals surface area contributed by atoms with Crippen LogP contribution in [-0.4, -0.2) is 34.9 Å². The molecule has 150 valence electrons. The summed E-state index contributed by atoms with van der Waals surface area (Å²) in [6.07, 6.45) is 0. The number of methoxy groups -OCH3 is 1. The zero-order valence-corrected chi connectivity index (χ0v) is 17.3. The topological polar surface area (TPSA) is 93.2 Å². The van der Waals surface area contributed by atoms with Crippen LogP contribution in [0.4, 0.5) is 15.2 Å². The first-order chi connectivity index (χ1) is 14.0. The molecule has 0 bridgehead atoms. The minimum atomic E-state index is -0.511. The Labute approximate surface area is 178 Å². The molecule has 11 heteroatoms. The number of para-hydroxylation sites is 1. The molecule has 7 nitrogen and oxygen atoms in total. The quantitative estimate of drug-likeness (QED) is 0.409. The Kier molecular flexibility index (Phi) is 7.02. The van der Waals surface area contributed by atoms with Crippen LogP contribution in [0.5, 0.6) is 5.75 Å². The largest absolute Gasteiger partial charge is 0.496 e. The van der Waals surface area contributed by atoms with E-state index in [0.717, 1.165) is 23.1 Å². The molecular formula is C18H14ClFN4O3S2. The number of hydrogen-bond acceptors (Lipinski definition) is 7. The third-order valence-corrected chi connectivity index (χ3v) is 5.71. The molecule has 2 N–H and O–H groups in total. The summed E-state index contributed by atoms with van der Waals surface area (Å²) in [5, 5.41) is 13.6. The van der Waals surface area contributed by atoms with E-state index in [2.05, 4.69) is 20.8 Å². The highest BCUT2D eigenvalue weighted by molar-refractivity contribution is 8.01. The molecule has 0 atom stereocenters. The summed E-state index contributed by atoms with van der Waals surface area (Å²) >= 11 is 8.16. The predicted octanol–water partition coefficient (Wildman–Crippen LogP) is 4.32. The minimum absolute atomic E-state index is 0.0129. The fraction of sp³-hybridized carbons (Fsp3) is 0.111. The lowest BCUT2D eigenvalue weighted by atomic mass is 10.2. The molecule has 0 saturated carbocycles. The van der Waals surface area contributed by atoms with Crippen LogP contribution in [0.1, 0.15) is 10.4 Å². The van der Waals surface area contributed by atoms with Gasteiger partial charge in [-0.15, -0.1) is 10.2 Å². The SMILES string of the molecule is COc1ccc(Cl)cc1C(=O)Nc1nnc(SCC(=O)Nc2ccccc2F)s1. The smallest absolute Gasteiger partial charge is 0.261 e. The molecule has 0 saturated heterocycles. The monoisotopic (exact) mass is 452 g/mol. The molecule has 0 radical (unpaired) electrons. The van der Waals surface area contributed by atoms with Gasteiger partial charge in [0.2, 0.25) is 11.0 Å². The maximum Gasteiger partial charge on any atom is 0.261 e. The summed E-state index contributed by atoms with van der Waals surface area (Å²) in [5.41, 5.74) is 0.368. The number of carbonyl (C=O) groups excluding carboxylic acids is 2. The Hall–Kier alpha value is -2.69. The summed E-state index contributed by atoms with van der Waals surface area (Å²) < 4.78 is 19.2. The molecule has 29 heavy (non-hydrogen) atoms. The molecule has 0 aliphatic carbocycles. The van der Waals surface area contributed by atoms with Gasteiger partial charge in [0.25, 0.3) is 5.91 Å². The van der Waals surface area contributed by atoms with Gasteiger partial charge < -0.3 is 10.1 Å². The maximum absolute atomic E-state index is 13.6. The Bertz CT molecular complexity index is 1050. The molecule has 0 fully saturated rings. The van der Waals surface area contributed by atoms with Crippen molar-refractivity contribution in [3.63, 3.8) is 0 Å². The van der Waals surface area contributed by atoms with E-state index in [-0.39, 0.29) is 28.0 Å². The van der Waals surface area contributed by atoms with E-state index in [4.69, 9.17) is 16.3 Å². The highest BCUT2D eigenvalue weighted by Gasteiger charge is 2.16. The number of hydrogen-bond donors (Lipinski definition) is 2. The molecule has 2 amide bonds. The lowest BCUT2D eigenvalue weighted by Gasteiger charge is -2.07. The number of halogens is 2. The zero-order valence-electron chi connectivity index (χ0n) is 14.9. The first kappa shape index (κ1) is 21.0. The number of benzene rings is 2. The standard InChI is InChI=1S/C18H14ClFN4O3S2/c1-27-14-7-6-10(19)8-11(14)16(26)22-17-23-24-18(29-17)28-9-15(25)21-13-5-3-2-4-12(13)20/h2-8H,9H2,1H3,(H,21,25)(H,22,23,26). The second-order valence-corrected chi connectivity index (χ2v) is 8.12. The van der Waals surface area contributed by atoms with Gasteiger partial charge in [-0.05, 0) is 30.3 Å². The normalized spacial score (nSPS) is 10.4. The third kappa shape index (κ3) is 5.66. The number of aromatic nitrogens is 2. The second-order valence-electron chi connectivity index (χ2n) is 5.49. The molecule has 2 aromatic carbocycles. The number of anilines is 2. The summed E-state index contributed by atoms with van der Waals surface area (Å²) in [4.78, 5) is 24.4. The van der Waals surface area contributed by atoms with E-state index < -0.39 is 11.7 Å². The number of nitrogens with one attached hydrogen (secondary N) is 2. The lowest BCUT2D eigenvalue weighted by molar-refractivity contribution is -0.113. The lowest BCUT2D eigenvalue weighted by Crippen LogP contribution is -2.14. The fourth-order valence-electron chi connectivity index (χ4n) is 2.22. The van der Waals surface area contributed by atoms with E-state index in [1.807, 2.05) is 0 Å². The first-order valence-corrected chi connectivity index (χ1v) is 10.3. The van der Waals surface area contributed by atoms with Crippen molar-refractivity contribution in [2.75, 3.05) is 23.5 Å². The van der Waals surface area contributed by atoms with Crippen molar-refractivity contribution in [1.82, 2.24) is 10.2 Å². The molecule has 0 spiro atoms. The predicted molar refractivity (Wildman–Crippen MR) is 112 cm³/mol. The van der Waals surface area contributed by atoms with Gasteiger partial charge in [0.1, 0.15) is 11.6 Å². The van der Waals surface area contributed by atoms with E-state index in [9.17, 15) is 14.0 Å². The van der Waals surface area contributed by atoms with Crippen LogP contribution >= 0.6 is 34.7 Å². The Balaban J connectivity index is 1.57. The van der Waals surface area contributed by atoms with Crippen LogP contribution in [0.3, 0.4) is 0 Å². The van der Waals surface area contributed by atoms with Gasteiger partial charge in [0.15, 0.2) is 4.34 Å². The number of carbonyl (C=O) groups is 2. The molecule has 1 aromatic heterocycles. The van der Waals surface area contributed by atoms with Crippen LogP contribution in [0, 0.1) is 5.82 Å². The maximum atomic E-state index is 13.6. The van der Waals surface area contributed by atoms with Crippen molar-refractivity contribution in [1.29, 1.82) is 0 Å². The van der Waals surface area contributed by atoms with Gasteiger partial charge >= 0.3 is 0 Å². The average molecular weight is 453 g/mol. The van der Waals surface area contributed by atoms with Crippen molar-refractivity contribution in [2.24, 2.45) is 0 Å². The van der Waals surface area contributed by atoms with E-state index in [0.29, 0.717) is 15.1 Å². The number of thioether (sulfide) groups is 1. The molecule has 0 unspecified atom stereocenters. The van der Waals surface area contributed by atoms with E-state index >= 15 is 0 Å². The average Bonchev–Trinajstić information content (AvgIpc) is 3.15. The van der Waals surface area contributed by atoms with Crippen molar-refractivity contribution < 1.29 is 18.7 Å². The van der Waals surface area contributed by atoms with Crippen molar-refractivity contribution in [2.45, 2.75) is 4.34 Å². The summed E-state index contributed by atoms with van der Waals surface area (Å²) in [5.74, 6) is -0.961.